The van der Waals surface area contributed by atoms with Gasteiger partial charge in [0.05, 0.1) is 27.9 Å². The number of aromatic nitrogens is 8. The molecule has 0 aliphatic heterocycles. The molecule has 0 saturated carbocycles. The normalized spacial score (nSPS) is 12.7. The van der Waals surface area contributed by atoms with E-state index in [2.05, 4.69) is 15.2 Å². The lowest BCUT2D eigenvalue weighted by atomic mass is 10.1. The number of carbonyl (C=O) groups excluding carboxylic acids is 4. The molecule has 0 bridgehead atoms. The number of fused-ring (bicyclic) bond motifs is 2. The van der Waals surface area contributed by atoms with Crippen LogP contribution in [-0.4, -0.2) is 61.5 Å². The highest BCUT2D eigenvalue weighted by Gasteiger charge is 2.23. The Kier molecular flexibility index (Phi) is 12.3. The molecule has 0 atom stereocenters. The zero-order valence-electron chi connectivity index (χ0n) is 36.8. The predicted molar refractivity (Wildman–Crippen MR) is 238 cm³/mol. The number of nitrogens with zero attached hydrogens (tertiary/aromatic N) is 10. The van der Waals surface area contributed by atoms with E-state index in [0.29, 0.717) is 81.5 Å². The lowest BCUT2D eigenvalue weighted by Crippen LogP contribution is -2.29. The van der Waals surface area contributed by atoms with Gasteiger partial charge in [-0.25, -0.2) is 0 Å². The van der Waals surface area contributed by atoms with E-state index in [0.717, 1.165) is 22.2 Å². The van der Waals surface area contributed by atoms with Crippen molar-refractivity contribution in [3.05, 3.63) is 135 Å². The second kappa shape index (κ2) is 17.8. The van der Waals surface area contributed by atoms with E-state index in [1.165, 1.54) is 0 Å². The van der Waals surface area contributed by atoms with Gasteiger partial charge in [0.2, 0.25) is 23.1 Å². The molecule has 63 heavy (non-hydrogen) atoms. The zero-order valence-corrected chi connectivity index (χ0v) is 36.8. The number of ether oxygens (including phenoxy) is 1. The number of carbonyl (C=O) groups is 4. The summed E-state index contributed by atoms with van der Waals surface area (Å²) in [5.74, 6) is -1.79. The van der Waals surface area contributed by atoms with Gasteiger partial charge in [0.1, 0.15) is 29.3 Å². The smallest absolute Gasteiger partial charge is 0.298 e. The number of allylic oxidation sites excluding steroid dienone is 2. The molecule has 326 valence electrons. The van der Waals surface area contributed by atoms with Gasteiger partial charge in [0.15, 0.2) is 0 Å². The van der Waals surface area contributed by atoms with Gasteiger partial charge in [-0.05, 0) is 96.5 Å². The van der Waals surface area contributed by atoms with Gasteiger partial charge < -0.3 is 34.5 Å². The molecular formula is C46H52N12O5. The monoisotopic (exact) mass is 852 g/mol. The number of hydrogen-bond donors (Lipinski definition) is 2. The Hall–Kier alpha value is -7.56. The van der Waals surface area contributed by atoms with Crippen molar-refractivity contribution in [1.82, 2.24) is 37.8 Å². The van der Waals surface area contributed by atoms with Gasteiger partial charge in [-0.3, -0.25) is 28.5 Å². The van der Waals surface area contributed by atoms with Crippen molar-refractivity contribution < 1.29 is 23.9 Å². The molecule has 4 N–H and O–H groups in total. The maximum Gasteiger partial charge on any atom is 0.298 e. The van der Waals surface area contributed by atoms with E-state index in [9.17, 15) is 19.2 Å². The van der Waals surface area contributed by atoms with Crippen molar-refractivity contribution in [3.8, 4) is 5.75 Å². The Labute approximate surface area is 363 Å². The fourth-order valence-electron chi connectivity index (χ4n) is 7.81. The number of rotatable bonds is 14. The van der Waals surface area contributed by atoms with Crippen LogP contribution >= 0.6 is 0 Å². The zero-order chi connectivity index (χ0) is 45.3. The van der Waals surface area contributed by atoms with Crippen LogP contribution < -0.4 is 27.4 Å². The maximum absolute atomic E-state index is 14.1. The molecule has 3 aromatic carbocycles. The molecule has 0 aliphatic rings. The predicted octanol–water partition coefficient (Wildman–Crippen LogP) is 5.10. The van der Waals surface area contributed by atoms with Crippen LogP contribution in [0.15, 0.2) is 93.9 Å². The molecule has 17 nitrogen and oxygen atoms in total. The van der Waals surface area contributed by atoms with Gasteiger partial charge in [-0.1, -0.05) is 41.5 Å². The molecule has 0 unspecified atom stereocenters. The molecule has 0 saturated heterocycles. The van der Waals surface area contributed by atoms with Gasteiger partial charge in [-0.15, -0.1) is 0 Å². The lowest BCUT2D eigenvalue weighted by molar-refractivity contribution is 0.0977. The van der Waals surface area contributed by atoms with Crippen LogP contribution in [0, 0.1) is 13.8 Å². The average molecular weight is 853 g/mol. The van der Waals surface area contributed by atoms with Crippen LogP contribution in [0.3, 0.4) is 0 Å². The van der Waals surface area contributed by atoms with Crippen molar-refractivity contribution in [1.29, 1.82) is 0 Å². The van der Waals surface area contributed by atoms with Gasteiger partial charge in [0, 0.05) is 50.9 Å². The third-order valence-corrected chi connectivity index (χ3v) is 11.2. The van der Waals surface area contributed by atoms with Gasteiger partial charge >= 0.3 is 0 Å². The second-order valence-corrected chi connectivity index (χ2v) is 15.5. The van der Waals surface area contributed by atoms with E-state index in [1.54, 1.807) is 63.4 Å². The molecular weight excluding hydrogens is 801 g/mol. The van der Waals surface area contributed by atoms with Crippen LogP contribution in [-0.2, 0) is 46.4 Å². The van der Waals surface area contributed by atoms with E-state index in [-0.39, 0.29) is 25.3 Å². The Balaban J connectivity index is 1.43. The number of nitrogens with two attached hydrogens (primary N) is 2. The minimum Gasteiger partial charge on any atom is -0.487 e. The summed E-state index contributed by atoms with van der Waals surface area (Å²) in [4.78, 5) is 62.5. The van der Waals surface area contributed by atoms with Crippen LogP contribution in [0.5, 0.6) is 5.75 Å². The molecule has 0 radical (unpaired) electrons. The van der Waals surface area contributed by atoms with Crippen molar-refractivity contribution in [3.63, 3.8) is 0 Å². The van der Waals surface area contributed by atoms with Crippen LogP contribution in [0.1, 0.15) is 93.3 Å². The fourth-order valence-corrected chi connectivity index (χ4v) is 7.81. The first-order valence-electron chi connectivity index (χ1n) is 20.8. The van der Waals surface area contributed by atoms with Crippen molar-refractivity contribution in [2.75, 3.05) is 0 Å². The maximum atomic E-state index is 14.1. The summed E-state index contributed by atoms with van der Waals surface area (Å²) >= 11 is 0. The highest BCUT2D eigenvalue weighted by Crippen LogP contribution is 2.30. The first-order valence-corrected chi connectivity index (χ1v) is 20.8. The summed E-state index contributed by atoms with van der Waals surface area (Å²) in [5, 5.41) is 8.93. The number of aryl methyl sites for hydroxylation is 6. The molecule has 7 rings (SSSR count). The summed E-state index contributed by atoms with van der Waals surface area (Å²) in [6, 6.07) is 21.5. The fraction of sp³-hybridized carbons (Fsp3) is 0.304. The second-order valence-electron chi connectivity index (χ2n) is 15.5. The number of imidazole rings is 2. The number of primary amides is 2. The summed E-state index contributed by atoms with van der Waals surface area (Å²) in [7, 11) is 1.79. The Bertz CT molecular complexity index is 3130. The topological polar surface area (TPSA) is 210 Å². The Morgan fingerprint density at radius 1 is 0.635 bits per heavy atom. The molecule has 4 amide bonds. The highest BCUT2D eigenvalue weighted by atomic mass is 16.5. The molecule has 4 aromatic heterocycles. The summed E-state index contributed by atoms with van der Waals surface area (Å²) in [6.45, 7) is 15.4. The van der Waals surface area contributed by atoms with E-state index in [1.807, 2.05) is 92.5 Å². The van der Waals surface area contributed by atoms with Crippen molar-refractivity contribution in [2.24, 2.45) is 28.5 Å². The third kappa shape index (κ3) is 8.54. The minimum atomic E-state index is -0.635. The van der Waals surface area contributed by atoms with E-state index < -0.39 is 23.6 Å². The molecule has 0 fully saturated rings. The molecule has 17 heteroatoms. The van der Waals surface area contributed by atoms with E-state index in [4.69, 9.17) is 21.2 Å². The summed E-state index contributed by atoms with van der Waals surface area (Å²) in [5.41, 5.74) is 20.2. The first kappa shape index (κ1) is 43.5. The summed E-state index contributed by atoms with van der Waals surface area (Å²) < 4.78 is 17.2. The Morgan fingerprint density at radius 3 is 1.75 bits per heavy atom. The van der Waals surface area contributed by atoms with E-state index >= 15 is 0 Å². The van der Waals surface area contributed by atoms with Gasteiger partial charge in [-0.2, -0.15) is 20.2 Å². The average Bonchev–Trinajstić information content (AvgIpc) is 4.00. The number of benzene rings is 3. The van der Waals surface area contributed by atoms with Crippen LogP contribution in [0.4, 0.5) is 0 Å². The molecule has 4 heterocycles. The van der Waals surface area contributed by atoms with Gasteiger partial charge in [0.25, 0.3) is 11.8 Å². The standard InChI is InChI=1S/C46H52N12O5/c1-9-54-36-22-33(42(48)60)23-39(63-26-31-15-13-12-14-16-31)40(36)56(46(54)50-44(62)38-20-30(7)52-58(38)11-3)25-28(5)27(4)24-55-34-18-17-32(41(47)59)21-35(34)53(8)45(55)49-43(61)37-19-29(6)51-57(37)10-2/h12-23H,9-11,24-26H2,1-8H3,(H2,47,59)(H2,48,60)/b28-27+,49-45?,50-46?. The molecule has 7 aromatic rings. The van der Waals surface area contributed by atoms with Crippen LogP contribution in [0.25, 0.3) is 22.1 Å². The number of amides is 4. The van der Waals surface area contributed by atoms with Crippen molar-refractivity contribution >= 4 is 45.7 Å². The lowest BCUT2D eigenvalue weighted by Gasteiger charge is -2.15. The molecule has 0 spiro atoms. The largest absolute Gasteiger partial charge is 0.487 e. The third-order valence-electron chi connectivity index (χ3n) is 11.2. The number of hydrogen-bond acceptors (Lipinski definition) is 7. The Morgan fingerprint density at radius 2 is 1.19 bits per heavy atom. The minimum absolute atomic E-state index is 0.197. The first-order chi connectivity index (χ1) is 30.1. The van der Waals surface area contributed by atoms with Crippen molar-refractivity contribution in [2.45, 2.75) is 87.8 Å². The van der Waals surface area contributed by atoms with Crippen LogP contribution in [0.2, 0.25) is 0 Å². The summed E-state index contributed by atoms with van der Waals surface area (Å²) in [6.07, 6.45) is 0. The molecule has 0 aliphatic carbocycles. The highest BCUT2D eigenvalue weighted by molar-refractivity contribution is 5.99. The SMILES string of the molecule is CCn1nc(C)cc1C(=O)N=c1n(C)c2cc(C(N)=O)ccc2n1C/C(C)=C(\C)Cn1c(=NC(=O)c2cc(C)nn2CC)n(CC)c2cc(C(N)=O)cc(OCc3ccccc3)c21. The quantitative estimate of drug-likeness (QED) is 0.141.